The summed E-state index contributed by atoms with van der Waals surface area (Å²) in [4.78, 5) is 10.9. The monoisotopic (exact) mass is 308 g/mol. The predicted molar refractivity (Wildman–Crippen MR) is 90.8 cm³/mol. The van der Waals surface area contributed by atoms with Gasteiger partial charge < -0.3 is 5.11 Å². The molecular formula is C19H20N2O2. The minimum absolute atomic E-state index is 0.0314. The summed E-state index contributed by atoms with van der Waals surface area (Å²) in [5.74, 6) is -0.818. The van der Waals surface area contributed by atoms with Gasteiger partial charge in [0.15, 0.2) is 0 Å². The fourth-order valence-electron chi connectivity index (χ4n) is 2.92. The number of rotatable bonds is 4. The second-order valence-corrected chi connectivity index (χ2v) is 6.10. The van der Waals surface area contributed by atoms with Gasteiger partial charge in [-0.05, 0) is 43.5 Å². The second kappa shape index (κ2) is 5.88. The van der Waals surface area contributed by atoms with Crippen LogP contribution in [-0.2, 0) is 17.8 Å². The molecule has 0 aliphatic carbocycles. The molecule has 3 rings (SSSR count). The summed E-state index contributed by atoms with van der Waals surface area (Å²) >= 11 is 0. The standard InChI is InChI=1S/C19H20N2O2/c1-12-4-5-13(2)16(8-12)11-21-18-9-15(10-19(22)23)6-7-17(18)14(3)20-21/h4-9H,10-11H2,1-3H3,(H,22,23). The molecule has 2 aromatic carbocycles. The fraction of sp³-hybridized carbons (Fsp3) is 0.263. The number of aliphatic carboxylic acids is 1. The van der Waals surface area contributed by atoms with Crippen LogP contribution in [0.2, 0.25) is 0 Å². The number of nitrogens with zero attached hydrogens (tertiary/aromatic N) is 2. The number of aromatic nitrogens is 2. The van der Waals surface area contributed by atoms with Crippen molar-refractivity contribution in [2.24, 2.45) is 0 Å². The lowest BCUT2D eigenvalue weighted by Gasteiger charge is -2.09. The molecule has 0 bridgehead atoms. The van der Waals surface area contributed by atoms with E-state index in [1.165, 1.54) is 16.7 Å². The highest BCUT2D eigenvalue weighted by Gasteiger charge is 2.11. The van der Waals surface area contributed by atoms with Gasteiger partial charge in [-0.1, -0.05) is 35.9 Å². The van der Waals surface area contributed by atoms with Gasteiger partial charge in [0, 0.05) is 5.39 Å². The second-order valence-electron chi connectivity index (χ2n) is 6.10. The Labute approximate surface area is 135 Å². The Morgan fingerprint density at radius 2 is 1.91 bits per heavy atom. The Morgan fingerprint density at radius 3 is 2.65 bits per heavy atom. The van der Waals surface area contributed by atoms with Gasteiger partial charge in [0.05, 0.1) is 24.2 Å². The number of benzene rings is 2. The lowest BCUT2D eigenvalue weighted by atomic mass is 10.1. The minimum Gasteiger partial charge on any atom is -0.481 e. The van der Waals surface area contributed by atoms with Crippen molar-refractivity contribution in [3.05, 3.63) is 64.3 Å². The molecule has 0 atom stereocenters. The van der Waals surface area contributed by atoms with Crippen LogP contribution in [0.5, 0.6) is 0 Å². The van der Waals surface area contributed by atoms with Crippen molar-refractivity contribution < 1.29 is 9.90 Å². The summed E-state index contributed by atoms with van der Waals surface area (Å²) < 4.78 is 1.97. The van der Waals surface area contributed by atoms with Crippen LogP contribution in [-0.4, -0.2) is 20.9 Å². The maximum Gasteiger partial charge on any atom is 0.307 e. The van der Waals surface area contributed by atoms with E-state index in [4.69, 9.17) is 5.11 Å². The molecule has 1 aromatic heterocycles. The van der Waals surface area contributed by atoms with Gasteiger partial charge in [0.1, 0.15) is 0 Å². The van der Waals surface area contributed by atoms with Crippen molar-refractivity contribution >= 4 is 16.9 Å². The lowest BCUT2D eigenvalue weighted by Crippen LogP contribution is -2.05. The maximum absolute atomic E-state index is 10.9. The quantitative estimate of drug-likeness (QED) is 0.800. The highest BCUT2D eigenvalue weighted by atomic mass is 16.4. The zero-order chi connectivity index (χ0) is 16.6. The molecule has 0 saturated carbocycles. The molecule has 0 radical (unpaired) electrons. The first-order chi connectivity index (χ1) is 10.9. The van der Waals surface area contributed by atoms with E-state index >= 15 is 0 Å². The third-order valence-corrected chi connectivity index (χ3v) is 4.18. The molecule has 0 saturated heterocycles. The average Bonchev–Trinajstić information content (AvgIpc) is 2.78. The van der Waals surface area contributed by atoms with Gasteiger partial charge in [-0.3, -0.25) is 9.48 Å². The van der Waals surface area contributed by atoms with E-state index in [1.54, 1.807) is 0 Å². The van der Waals surface area contributed by atoms with Gasteiger partial charge in [-0.15, -0.1) is 0 Å². The number of carboxylic acid groups (broad SMARTS) is 1. The normalized spacial score (nSPS) is 11.1. The van der Waals surface area contributed by atoms with Crippen LogP contribution in [0.1, 0.15) is 27.9 Å². The van der Waals surface area contributed by atoms with Crippen molar-refractivity contribution in [2.75, 3.05) is 0 Å². The Kier molecular flexibility index (Phi) is 3.90. The van der Waals surface area contributed by atoms with Gasteiger partial charge in [-0.25, -0.2) is 0 Å². The van der Waals surface area contributed by atoms with E-state index in [-0.39, 0.29) is 6.42 Å². The smallest absolute Gasteiger partial charge is 0.307 e. The van der Waals surface area contributed by atoms with Crippen molar-refractivity contribution in [2.45, 2.75) is 33.7 Å². The van der Waals surface area contributed by atoms with Crippen LogP contribution in [0.3, 0.4) is 0 Å². The van der Waals surface area contributed by atoms with Crippen LogP contribution < -0.4 is 0 Å². The van der Waals surface area contributed by atoms with Crippen molar-refractivity contribution in [1.29, 1.82) is 0 Å². The highest BCUT2D eigenvalue weighted by molar-refractivity contribution is 5.83. The molecule has 3 aromatic rings. The Bertz CT molecular complexity index is 894. The summed E-state index contributed by atoms with van der Waals surface area (Å²) in [6, 6.07) is 12.2. The number of carboxylic acids is 1. The van der Waals surface area contributed by atoms with Crippen LogP contribution in [0.25, 0.3) is 10.9 Å². The van der Waals surface area contributed by atoms with Crippen molar-refractivity contribution in [3.8, 4) is 0 Å². The Morgan fingerprint density at radius 1 is 1.13 bits per heavy atom. The van der Waals surface area contributed by atoms with Gasteiger partial charge in [0.2, 0.25) is 0 Å². The third-order valence-electron chi connectivity index (χ3n) is 4.18. The molecule has 118 valence electrons. The average molecular weight is 308 g/mol. The van der Waals surface area contributed by atoms with Gasteiger partial charge in [-0.2, -0.15) is 5.10 Å². The summed E-state index contributed by atoms with van der Waals surface area (Å²) in [6.45, 7) is 6.86. The third kappa shape index (κ3) is 3.11. The predicted octanol–water partition coefficient (Wildman–Crippen LogP) is 3.64. The van der Waals surface area contributed by atoms with Crippen LogP contribution in [0.4, 0.5) is 0 Å². The zero-order valence-electron chi connectivity index (χ0n) is 13.6. The Balaban J connectivity index is 2.06. The van der Waals surface area contributed by atoms with E-state index in [0.29, 0.717) is 6.54 Å². The molecule has 0 aliphatic rings. The van der Waals surface area contributed by atoms with Gasteiger partial charge in [0.25, 0.3) is 0 Å². The summed E-state index contributed by atoms with van der Waals surface area (Å²) in [6.07, 6.45) is 0.0314. The summed E-state index contributed by atoms with van der Waals surface area (Å²) in [5.41, 5.74) is 6.45. The topological polar surface area (TPSA) is 55.1 Å². The van der Waals surface area contributed by atoms with E-state index < -0.39 is 5.97 Å². The molecule has 0 spiro atoms. The molecular weight excluding hydrogens is 288 g/mol. The van der Waals surface area contributed by atoms with Crippen LogP contribution >= 0.6 is 0 Å². The number of fused-ring (bicyclic) bond motifs is 1. The first kappa shape index (κ1) is 15.3. The highest BCUT2D eigenvalue weighted by Crippen LogP contribution is 2.22. The fourth-order valence-corrected chi connectivity index (χ4v) is 2.92. The van der Waals surface area contributed by atoms with E-state index in [9.17, 15) is 4.79 Å². The first-order valence-corrected chi connectivity index (χ1v) is 7.68. The molecule has 0 amide bonds. The minimum atomic E-state index is -0.818. The van der Waals surface area contributed by atoms with Gasteiger partial charge >= 0.3 is 5.97 Å². The number of hydrogen-bond acceptors (Lipinski definition) is 2. The molecule has 0 aliphatic heterocycles. The lowest BCUT2D eigenvalue weighted by molar-refractivity contribution is -0.136. The van der Waals surface area contributed by atoms with E-state index in [1.807, 2.05) is 29.8 Å². The molecule has 4 nitrogen and oxygen atoms in total. The molecule has 1 heterocycles. The van der Waals surface area contributed by atoms with Crippen LogP contribution in [0.15, 0.2) is 36.4 Å². The number of hydrogen-bond donors (Lipinski definition) is 1. The zero-order valence-corrected chi connectivity index (χ0v) is 13.6. The SMILES string of the molecule is Cc1ccc(C)c(Cn2nc(C)c3ccc(CC(=O)O)cc32)c1. The molecule has 0 fully saturated rings. The largest absolute Gasteiger partial charge is 0.481 e. The summed E-state index contributed by atoms with van der Waals surface area (Å²) in [7, 11) is 0. The van der Waals surface area contributed by atoms with E-state index in [0.717, 1.165) is 22.2 Å². The first-order valence-electron chi connectivity index (χ1n) is 7.68. The maximum atomic E-state index is 10.9. The molecule has 1 N–H and O–H groups in total. The Hall–Kier alpha value is -2.62. The number of aryl methyl sites for hydroxylation is 3. The van der Waals surface area contributed by atoms with Crippen molar-refractivity contribution in [1.82, 2.24) is 9.78 Å². The molecule has 23 heavy (non-hydrogen) atoms. The van der Waals surface area contributed by atoms with Crippen molar-refractivity contribution in [3.63, 3.8) is 0 Å². The summed E-state index contributed by atoms with van der Waals surface area (Å²) in [5, 5.41) is 14.7. The van der Waals surface area contributed by atoms with E-state index in [2.05, 4.69) is 37.1 Å². The molecule has 0 unspecified atom stereocenters. The van der Waals surface area contributed by atoms with Crippen LogP contribution in [0, 0.1) is 20.8 Å². The molecule has 4 heteroatoms. The number of carbonyl (C=O) groups is 1.